The van der Waals surface area contributed by atoms with Crippen LogP contribution in [0.4, 0.5) is 0 Å². The quantitative estimate of drug-likeness (QED) is 0.591. The SMILES string of the molecule is Cc1n[nH]c(C)c1CCCNC(=O)[C@H]1CC[C@@H](O)[C@H](N)C1.Cl.Cl. The second-order valence-electron chi connectivity index (χ2n) is 6.05. The van der Waals surface area contributed by atoms with Crippen LogP contribution in [0.15, 0.2) is 0 Å². The number of aromatic nitrogens is 2. The number of nitrogens with one attached hydrogen (secondary N) is 2. The van der Waals surface area contributed by atoms with E-state index in [9.17, 15) is 9.90 Å². The van der Waals surface area contributed by atoms with Crippen LogP contribution < -0.4 is 11.1 Å². The van der Waals surface area contributed by atoms with E-state index in [0.717, 1.165) is 30.7 Å². The minimum absolute atomic E-state index is 0. The topological polar surface area (TPSA) is 104 Å². The third-order valence-corrected chi connectivity index (χ3v) is 4.42. The lowest BCUT2D eigenvalue weighted by Gasteiger charge is -2.30. The zero-order valence-electron chi connectivity index (χ0n) is 13.7. The minimum atomic E-state index is -0.457. The molecule has 0 aromatic carbocycles. The van der Waals surface area contributed by atoms with Gasteiger partial charge in [0.25, 0.3) is 0 Å². The molecule has 0 radical (unpaired) electrons. The van der Waals surface area contributed by atoms with Crippen molar-refractivity contribution in [1.29, 1.82) is 0 Å². The van der Waals surface area contributed by atoms with Crippen molar-refractivity contribution in [3.8, 4) is 0 Å². The van der Waals surface area contributed by atoms with Crippen molar-refractivity contribution < 1.29 is 9.90 Å². The number of aromatic amines is 1. The van der Waals surface area contributed by atoms with Crippen molar-refractivity contribution in [3.63, 3.8) is 0 Å². The number of amides is 1. The molecule has 1 saturated carbocycles. The van der Waals surface area contributed by atoms with Gasteiger partial charge in [-0.15, -0.1) is 24.8 Å². The molecule has 6 nitrogen and oxygen atoms in total. The maximum absolute atomic E-state index is 12.1. The van der Waals surface area contributed by atoms with Crippen LogP contribution >= 0.6 is 24.8 Å². The molecule has 8 heteroatoms. The van der Waals surface area contributed by atoms with Crippen molar-refractivity contribution in [1.82, 2.24) is 15.5 Å². The average molecular weight is 367 g/mol. The Morgan fingerprint density at radius 2 is 2.09 bits per heavy atom. The minimum Gasteiger partial charge on any atom is -0.392 e. The van der Waals surface area contributed by atoms with E-state index >= 15 is 0 Å². The summed E-state index contributed by atoms with van der Waals surface area (Å²) in [5.74, 6) is 0.0128. The molecular formula is C15H28Cl2N4O2. The van der Waals surface area contributed by atoms with Gasteiger partial charge in [-0.2, -0.15) is 5.10 Å². The van der Waals surface area contributed by atoms with E-state index in [1.54, 1.807) is 0 Å². The fourth-order valence-electron chi connectivity index (χ4n) is 2.99. The molecule has 0 spiro atoms. The molecule has 134 valence electrons. The van der Waals surface area contributed by atoms with Crippen LogP contribution in [0.5, 0.6) is 0 Å². The highest BCUT2D eigenvalue weighted by Crippen LogP contribution is 2.23. The molecule has 1 aromatic heterocycles. The van der Waals surface area contributed by atoms with Gasteiger partial charge in [-0.3, -0.25) is 9.89 Å². The molecule has 0 bridgehead atoms. The maximum atomic E-state index is 12.1. The average Bonchev–Trinajstić information content (AvgIpc) is 2.77. The van der Waals surface area contributed by atoms with Crippen molar-refractivity contribution in [3.05, 3.63) is 17.0 Å². The summed E-state index contributed by atoms with van der Waals surface area (Å²) in [6, 6.07) is -0.272. The molecule has 1 aromatic rings. The largest absolute Gasteiger partial charge is 0.392 e. The first-order valence-corrected chi connectivity index (χ1v) is 7.70. The van der Waals surface area contributed by atoms with Gasteiger partial charge in [0.05, 0.1) is 11.8 Å². The number of aryl methyl sites for hydroxylation is 2. The number of nitrogens with two attached hydrogens (primary N) is 1. The third-order valence-electron chi connectivity index (χ3n) is 4.42. The summed E-state index contributed by atoms with van der Waals surface area (Å²) in [6.45, 7) is 4.67. The molecule has 2 rings (SSSR count). The van der Waals surface area contributed by atoms with Gasteiger partial charge < -0.3 is 16.2 Å². The molecule has 1 aliphatic carbocycles. The Labute approximate surface area is 149 Å². The number of halogens is 2. The van der Waals surface area contributed by atoms with Gasteiger partial charge in [0.15, 0.2) is 0 Å². The summed E-state index contributed by atoms with van der Waals surface area (Å²) in [4.78, 5) is 12.1. The Balaban J connectivity index is 0.00000242. The highest BCUT2D eigenvalue weighted by atomic mass is 35.5. The first kappa shape index (κ1) is 22.2. The number of H-pyrrole nitrogens is 1. The van der Waals surface area contributed by atoms with Crippen LogP contribution in [0, 0.1) is 19.8 Å². The lowest BCUT2D eigenvalue weighted by Crippen LogP contribution is -2.45. The molecule has 1 amide bonds. The number of rotatable bonds is 5. The van der Waals surface area contributed by atoms with Gasteiger partial charge in [0.1, 0.15) is 0 Å². The third kappa shape index (κ3) is 5.95. The maximum Gasteiger partial charge on any atom is 0.223 e. The van der Waals surface area contributed by atoms with Gasteiger partial charge >= 0.3 is 0 Å². The number of nitrogens with zero attached hydrogens (tertiary/aromatic N) is 1. The lowest BCUT2D eigenvalue weighted by atomic mass is 9.83. The zero-order valence-corrected chi connectivity index (χ0v) is 15.3. The predicted octanol–water partition coefficient (Wildman–Crippen LogP) is 1.41. The summed E-state index contributed by atoms with van der Waals surface area (Å²) in [5.41, 5.74) is 9.20. The molecule has 0 unspecified atom stereocenters. The second-order valence-corrected chi connectivity index (χ2v) is 6.05. The van der Waals surface area contributed by atoms with Crippen molar-refractivity contribution in [2.75, 3.05) is 6.54 Å². The van der Waals surface area contributed by atoms with Gasteiger partial charge in [-0.05, 0) is 51.5 Å². The normalized spacial score (nSPS) is 23.6. The molecule has 1 heterocycles. The Kier molecular flexibility index (Phi) is 9.77. The molecule has 0 saturated heterocycles. The van der Waals surface area contributed by atoms with Crippen LogP contribution in [-0.4, -0.2) is 39.9 Å². The van der Waals surface area contributed by atoms with E-state index < -0.39 is 6.10 Å². The van der Waals surface area contributed by atoms with Crippen molar-refractivity contribution in [2.24, 2.45) is 11.7 Å². The highest BCUT2D eigenvalue weighted by Gasteiger charge is 2.30. The molecule has 1 fully saturated rings. The Morgan fingerprint density at radius 3 is 2.65 bits per heavy atom. The van der Waals surface area contributed by atoms with Crippen LogP contribution in [-0.2, 0) is 11.2 Å². The molecule has 23 heavy (non-hydrogen) atoms. The van der Waals surface area contributed by atoms with Crippen LogP contribution in [0.2, 0.25) is 0 Å². The van der Waals surface area contributed by atoms with E-state index in [4.69, 9.17) is 5.73 Å². The fourth-order valence-corrected chi connectivity index (χ4v) is 2.99. The smallest absolute Gasteiger partial charge is 0.223 e. The molecule has 0 aliphatic heterocycles. The zero-order chi connectivity index (χ0) is 15.4. The summed E-state index contributed by atoms with van der Waals surface area (Å²) in [5, 5.41) is 19.7. The van der Waals surface area contributed by atoms with Crippen LogP contribution in [0.25, 0.3) is 0 Å². The van der Waals surface area contributed by atoms with Crippen molar-refractivity contribution in [2.45, 2.75) is 58.1 Å². The van der Waals surface area contributed by atoms with Crippen molar-refractivity contribution >= 4 is 30.7 Å². The monoisotopic (exact) mass is 366 g/mol. The van der Waals surface area contributed by atoms with E-state index in [1.807, 2.05) is 13.8 Å². The summed E-state index contributed by atoms with van der Waals surface area (Å²) in [7, 11) is 0. The number of hydrogen-bond acceptors (Lipinski definition) is 4. The van der Waals surface area contributed by atoms with E-state index in [0.29, 0.717) is 19.4 Å². The Morgan fingerprint density at radius 1 is 1.39 bits per heavy atom. The second kappa shape index (κ2) is 10.1. The number of aliphatic hydroxyl groups excluding tert-OH is 1. The van der Waals surface area contributed by atoms with Gasteiger partial charge in [-0.25, -0.2) is 0 Å². The molecule has 5 N–H and O–H groups in total. The highest BCUT2D eigenvalue weighted by molar-refractivity contribution is 5.85. The molecule has 1 aliphatic rings. The number of carbonyl (C=O) groups excluding carboxylic acids is 1. The summed E-state index contributed by atoms with van der Waals surface area (Å²) in [6.07, 6.45) is 3.27. The number of aliphatic hydroxyl groups is 1. The van der Waals surface area contributed by atoms with Gasteiger partial charge in [-0.1, -0.05) is 0 Å². The van der Waals surface area contributed by atoms with E-state index in [-0.39, 0.29) is 42.7 Å². The summed E-state index contributed by atoms with van der Waals surface area (Å²) < 4.78 is 0. The van der Waals surface area contributed by atoms with Crippen LogP contribution in [0.3, 0.4) is 0 Å². The van der Waals surface area contributed by atoms with E-state index in [1.165, 1.54) is 5.56 Å². The first-order chi connectivity index (χ1) is 9.99. The Bertz CT molecular complexity index is 476. The lowest BCUT2D eigenvalue weighted by molar-refractivity contribution is -0.126. The van der Waals surface area contributed by atoms with E-state index in [2.05, 4.69) is 15.5 Å². The molecule has 3 atom stereocenters. The fraction of sp³-hybridized carbons (Fsp3) is 0.733. The number of carbonyl (C=O) groups is 1. The Hall–Kier alpha value is -0.820. The van der Waals surface area contributed by atoms with Gasteiger partial charge in [0, 0.05) is 24.2 Å². The number of hydrogen-bond donors (Lipinski definition) is 4. The summed E-state index contributed by atoms with van der Waals surface area (Å²) >= 11 is 0. The molecular weight excluding hydrogens is 339 g/mol. The van der Waals surface area contributed by atoms with Crippen LogP contribution in [0.1, 0.15) is 42.6 Å². The van der Waals surface area contributed by atoms with Gasteiger partial charge in [0.2, 0.25) is 5.91 Å². The predicted molar refractivity (Wildman–Crippen MR) is 95.2 cm³/mol. The first-order valence-electron chi connectivity index (χ1n) is 7.70. The standard InChI is InChI=1S/C15H26N4O2.2ClH/c1-9-12(10(2)19-18-9)4-3-7-17-15(21)11-5-6-14(20)13(16)8-11;;/h11,13-14,20H,3-8,16H2,1-2H3,(H,17,21)(H,18,19);2*1H/t11-,13+,14+;;/m0../s1.